The molecule has 2 unspecified atom stereocenters. The number of carbonyl (C=O) groups is 1. The molecule has 0 bridgehead atoms. The number of aromatic amines is 1. The predicted octanol–water partition coefficient (Wildman–Crippen LogP) is 7.46. The van der Waals surface area contributed by atoms with E-state index >= 15 is 0 Å². The first kappa shape index (κ1) is 22.0. The zero-order valence-electron chi connectivity index (χ0n) is 18.0. The van der Waals surface area contributed by atoms with E-state index in [0.29, 0.717) is 5.92 Å². The van der Waals surface area contributed by atoms with Crippen molar-refractivity contribution in [3.8, 4) is 0 Å². The molecule has 3 aromatic rings. The molecule has 0 spiro atoms. The van der Waals surface area contributed by atoms with Crippen molar-refractivity contribution in [1.29, 1.82) is 0 Å². The number of halogens is 2. The highest BCUT2D eigenvalue weighted by Gasteiger charge is 2.28. The van der Waals surface area contributed by atoms with E-state index in [1.54, 1.807) is 0 Å². The Hall–Kier alpha value is -1.83. The van der Waals surface area contributed by atoms with Crippen molar-refractivity contribution in [2.24, 2.45) is 0 Å². The molecule has 2 saturated heterocycles. The van der Waals surface area contributed by atoms with Crippen molar-refractivity contribution < 1.29 is 4.79 Å². The van der Waals surface area contributed by atoms with E-state index in [0.717, 1.165) is 31.9 Å². The molecular weight excluding hydrogens is 532 g/mol. The third-order valence-corrected chi connectivity index (χ3v) is 9.02. The van der Waals surface area contributed by atoms with Crippen molar-refractivity contribution >= 4 is 60.2 Å². The van der Waals surface area contributed by atoms with E-state index in [1.807, 2.05) is 24.3 Å². The fourth-order valence-corrected chi connectivity index (χ4v) is 6.02. The fourth-order valence-electron chi connectivity index (χ4n) is 5.29. The van der Waals surface area contributed by atoms with Gasteiger partial charge in [0.2, 0.25) is 0 Å². The number of carbonyl (C=O) groups excluding carboxylic acids is 1. The van der Waals surface area contributed by atoms with Crippen molar-refractivity contribution in [1.82, 2.24) is 9.88 Å². The SMILES string of the molecule is O=C(Nc1ccc2[nH]cc(C3CCC4CCCCN4CC3)c2c1)Nc1cccc(Br)c1Br. The molecule has 7 heteroatoms. The molecule has 2 atom stereocenters. The van der Waals surface area contributed by atoms with Crippen LogP contribution in [0.4, 0.5) is 16.2 Å². The molecule has 5 rings (SSSR count). The Labute approximate surface area is 205 Å². The highest BCUT2D eigenvalue weighted by molar-refractivity contribution is 9.13. The molecule has 0 saturated carbocycles. The lowest BCUT2D eigenvalue weighted by Crippen LogP contribution is -2.38. The van der Waals surface area contributed by atoms with Crippen molar-refractivity contribution in [3.63, 3.8) is 0 Å². The van der Waals surface area contributed by atoms with Crippen LogP contribution in [0.15, 0.2) is 51.5 Å². The lowest BCUT2D eigenvalue weighted by atomic mass is 9.90. The highest BCUT2D eigenvalue weighted by Crippen LogP contribution is 2.37. The van der Waals surface area contributed by atoms with Gasteiger partial charge >= 0.3 is 6.03 Å². The maximum absolute atomic E-state index is 12.6. The summed E-state index contributed by atoms with van der Waals surface area (Å²) in [5.41, 5.74) is 4.03. The van der Waals surface area contributed by atoms with E-state index in [2.05, 4.69) is 70.7 Å². The van der Waals surface area contributed by atoms with Gasteiger partial charge in [0, 0.05) is 33.3 Å². The summed E-state index contributed by atoms with van der Waals surface area (Å²) in [5, 5.41) is 7.13. The van der Waals surface area contributed by atoms with Crippen LogP contribution in [-0.4, -0.2) is 35.0 Å². The van der Waals surface area contributed by atoms with E-state index in [-0.39, 0.29) is 6.03 Å². The van der Waals surface area contributed by atoms with Crippen LogP contribution in [0.1, 0.15) is 50.0 Å². The maximum Gasteiger partial charge on any atom is 0.323 e. The maximum atomic E-state index is 12.6. The molecule has 2 aliphatic rings. The number of nitrogens with one attached hydrogen (secondary N) is 3. The number of hydrogen-bond donors (Lipinski definition) is 3. The number of aromatic nitrogens is 1. The molecule has 1 aromatic heterocycles. The molecular formula is C25H28Br2N4O. The predicted molar refractivity (Wildman–Crippen MR) is 139 cm³/mol. The van der Waals surface area contributed by atoms with Gasteiger partial charge in [0.1, 0.15) is 0 Å². The monoisotopic (exact) mass is 558 g/mol. The zero-order chi connectivity index (χ0) is 22.1. The largest absolute Gasteiger partial charge is 0.361 e. The molecule has 3 N–H and O–H groups in total. The molecule has 3 heterocycles. The molecule has 32 heavy (non-hydrogen) atoms. The number of anilines is 2. The van der Waals surface area contributed by atoms with Gasteiger partial charge in [0.25, 0.3) is 0 Å². The van der Waals surface area contributed by atoms with Crippen molar-refractivity contribution in [2.75, 3.05) is 23.7 Å². The van der Waals surface area contributed by atoms with Gasteiger partial charge in [-0.05, 0) is 119 Å². The van der Waals surface area contributed by atoms with E-state index in [4.69, 9.17) is 0 Å². The summed E-state index contributed by atoms with van der Waals surface area (Å²) in [6, 6.07) is 12.3. The molecule has 0 radical (unpaired) electrons. The average Bonchev–Trinajstić information content (AvgIpc) is 3.08. The number of fused-ring (bicyclic) bond motifs is 2. The van der Waals surface area contributed by atoms with Gasteiger partial charge in [-0.3, -0.25) is 0 Å². The third kappa shape index (κ3) is 4.61. The molecule has 2 aromatic carbocycles. The molecule has 5 nitrogen and oxygen atoms in total. The van der Waals surface area contributed by atoms with Gasteiger partial charge in [0.05, 0.1) is 10.2 Å². The summed E-state index contributed by atoms with van der Waals surface area (Å²) < 4.78 is 1.72. The van der Waals surface area contributed by atoms with Crippen LogP contribution >= 0.6 is 31.9 Å². The molecule has 0 aliphatic carbocycles. The first-order valence-electron chi connectivity index (χ1n) is 11.5. The second kappa shape index (κ2) is 9.57. The number of urea groups is 1. The van der Waals surface area contributed by atoms with Crippen molar-refractivity contribution in [3.05, 3.63) is 57.1 Å². The van der Waals surface area contributed by atoms with Crippen LogP contribution in [-0.2, 0) is 0 Å². The van der Waals surface area contributed by atoms with Crippen molar-refractivity contribution in [2.45, 2.75) is 50.5 Å². The lowest BCUT2D eigenvalue weighted by molar-refractivity contribution is 0.151. The van der Waals surface area contributed by atoms with Gasteiger partial charge in [-0.2, -0.15) is 0 Å². The van der Waals surface area contributed by atoms with E-state index in [1.165, 1.54) is 62.6 Å². The van der Waals surface area contributed by atoms with Crippen LogP contribution < -0.4 is 10.6 Å². The number of hydrogen-bond acceptors (Lipinski definition) is 2. The number of H-pyrrole nitrogens is 1. The topological polar surface area (TPSA) is 60.2 Å². The Morgan fingerprint density at radius 3 is 2.81 bits per heavy atom. The number of benzene rings is 2. The standard InChI is InChI=1S/C25H28Br2N4O/c26-21-5-3-6-23(24(21)27)30-25(32)29-17-8-10-22-19(14-17)20(15-28-22)16-7-9-18-4-1-2-12-31(18)13-11-16/h3,5-6,8,10,14-16,18,28H,1-2,4,7,9,11-13H2,(H2,29,30,32). The van der Waals surface area contributed by atoms with Gasteiger partial charge in [-0.1, -0.05) is 12.5 Å². The Morgan fingerprint density at radius 1 is 1.00 bits per heavy atom. The molecule has 168 valence electrons. The van der Waals surface area contributed by atoms with Gasteiger partial charge in [0.15, 0.2) is 0 Å². The minimum Gasteiger partial charge on any atom is -0.361 e. The van der Waals surface area contributed by atoms with Gasteiger partial charge in [-0.15, -0.1) is 0 Å². The molecule has 2 fully saturated rings. The number of nitrogens with zero attached hydrogens (tertiary/aromatic N) is 1. The summed E-state index contributed by atoms with van der Waals surface area (Å²) in [4.78, 5) is 18.8. The summed E-state index contributed by atoms with van der Waals surface area (Å²) >= 11 is 6.98. The quantitative estimate of drug-likeness (QED) is 0.312. The molecule has 2 amide bonds. The summed E-state index contributed by atoms with van der Waals surface area (Å²) in [7, 11) is 0. The zero-order valence-corrected chi connectivity index (χ0v) is 21.1. The van der Waals surface area contributed by atoms with Crippen LogP contribution in [0.3, 0.4) is 0 Å². The van der Waals surface area contributed by atoms with E-state index in [9.17, 15) is 4.79 Å². The van der Waals surface area contributed by atoms with Crippen LogP contribution in [0.5, 0.6) is 0 Å². The Bertz CT molecular complexity index is 1110. The minimum atomic E-state index is -0.258. The lowest BCUT2D eigenvalue weighted by Gasteiger charge is -2.33. The third-order valence-electron chi connectivity index (χ3n) is 6.97. The Kier molecular flexibility index (Phi) is 6.58. The smallest absolute Gasteiger partial charge is 0.323 e. The normalized spacial score (nSPS) is 21.7. The second-order valence-corrected chi connectivity index (χ2v) is 10.6. The van der Waals surface area contributed by atoms with Gasteiger partial charge < -0.3 is 20.5 Å². The first-order valence-corrected chi connectivity index (χ1v) is 13.0. The highest BCUT2D eigenvalue weighted by atomic mass is 79.9. The van der Waals surface area contributed by atoms with E-state index < -0.39 is 0 Å². The van der Waals surface area contributed by atoms with Crippen LogP contribution in [0, 0.1) is 0 Å². The average molecular weight is 560 g/mol. The minimum absolute atomic E-state index is 0.258. The van der Waals surface area contributed by atoms with Crippen LogP contribution in [0.2, 0.25) is 0 Å². The number of rotatable bonds is 3. The Balaban J connectivity index is 1.32. The first-order chi connectivity index (χ1) is 15.6. The summed E-state index contributed by atoms with van der Waals surface area (Å²) in [6.45, 7) is 2.46. The fraction of sp³-hybridized carbons (Fsp3) is 0.400. The summed E-state index contributed by atoms with van der Waals surface area (Å²) in [5.74, 6) is 0.566. The number of amides is 2. The van der Waals surface area contributed by atoms with Gasteiger partial charge in [-0.25, -0.2) is 4.79 Å². The Morgan fingerprint density at radius 2 is 1.91 bits per heavy atom. The second-order valence-electron chi connectivity index (χ2n) is 8.93. The van der Waals surface area contributed by atoms with Crippen LogP contribution in [0.25, 0.3) is 10.9 Å². The number of piperidine rings is 1. The molecule has 2 aliphatic heterocycles. The summed E-state index contributed by atoms with van der Waals surface area (Å²) in [6.07, 6.45) is 10.0.